The molecule has 0 aromatic carbocycles. The third kappa shape index (κ3) is 3.47. The maximum atomic E-state index is 12.2. The standard InChI is InChI=1S/C13H18N2O4S/c1-9-8-20-13(19)15(9)7-11(16)14-4-2-3-10(6-14)5-12(17)18/h8,10H,2-7H2,1H3,(H,17,18). The highest BCUT2D eigenvalue weighted by Crippen LogP contribution is 2.20. The van der Waals surface area contributed by atoms with E-state index in [0.29, 0.717) is 13.1 Å². The summed E-state index contributed by atoms with van der Waals surface area (Å²) in [6.45, 7) is 2.97. The second kappa shape index (κ2) is 6.21. The topological polar surface area (TPSA) is 79.6 Å². The maximum absolute atomic E-state index is 12.2. The van der Waals surface area contributed by atoms with Gasteiger partial charge in [-0.15, -0.1) is 0 Å². The van der Waals surface area contributed by atoms with Gasteiger partial charge >= 0.3 is 10.8 Å². The normalized spacial score (nSPS) is 19.1. The monoisotopic (exact) mass is 298 g/mol. The molecule has 0 saturated carbocycles. The van der Waals surface area contributed by atoms with Gasteiger partial charge in [-0.05, 0) is 25.7 Å². The van der Waals surface area contributed by atoms with Gasteiger partial charge in [0, 0.05) is 30.6 Å². The number of rotatable bonds is 4. The molecule has 20 heavy (non-hydrogen) atoms. The summed E-state index contributed by atoms with van der Waals surface area (Å²) in [5.41, 5.74) is 0.785. The Hall–Kier alpha value is -1.63. The fourth-order valence-electron chi connectivity index (χ4n) is 2.54. The zero-order valence-electron chi connectivity index (χ0n) is 11.4. The first kappa shape index (κ1) is 14.8. The van der Waals surface area contributed by atoms with E-state index in [1.54, 1.807) is 17.2 Å². The molecule has 1 atom stereocenters. The lowest BCUT2D eigenvalue weighted by Crippen LogP contribution is -2.42. The molecular weight excluding hydrogens is 280 g/mol. The first-order chi connectivity index (χ1) is 9.47. The Morgan fingerprint density at radius 1 is 1.50 bits per heavy atom. The average Bonchev–Trinajstić information content (AvgIpc) is 2.70. The van der Waals surface area contributed by atoms with Crippen molar-refractivity contribution in [2.45, 2.75) is 32.7 Å². The Morgan fingerprint density at radius 2 is 2.25 bits per heavy atom. The van der Waals surface area contributed by atoms with Gasteiger partial charge in [-0.1, -0.05) is 11.3 Å². The fourth-order valence-corrected chi connectivity index (χ4v) is 3.27. The second-order valence-electron chi connectivity index (χ2n) is 5.18. The predicted molar refractivity (Wildman–Crippen MR) is 74.9 cm³/mol. The van der Waals surface area contributed by atoms with Gasteiger partial charge in [0.2, 0.25) is 5.91 Å². The van der Waals surface area contributed by atoms with E-state index < -0.39 is 5.97 Å². The molecule has 0 spiro atoms. The van der Waals surface area contributed by atoms with E-state index in [9.17, 15) is 14.4 Å². The smallest absolute Gasteiger partial charge is 0.307 e. The summed E-state index contributed by atoms with van der Waals surface area (Å²) in [6.07, 6.45) is 1.76. The Kier molecular flexibility index (Phi) is 4.59. The molecule has 110 valence electrons. The highest BCUT2D eigenvalue weighted by Gasteiger charge is 2.25. The zero-order valence-corrected chi connectivity index (χ0v) is 12.2. The van der Waals surface area contributed by atoms with Gasteiger partial charge in [0.05, 0.1) is 0 Å². The first-order valence-electron chi connectivity index (χ1n) is 6.62. The molecule has 2 heterocycles. The molecule has 1 fully saturated rings. The molecule has 1 aromatic rings. The largest absolute Gasteiger partial charge is 0.481 e. The molecule has 2 rings (SSSR count). The minimum absolute atomic E-state index is 0.0190. The van der Waals surface area contributed by atoms with Crippen molar-refractivity contribution in [1.82, 2.24) is 9.47 Å². The molecule has 7 heteroatoms. The van der Waals surface area contributed by atoms with Gasteiger partial charge in [-0.3, -0.25) is 19.0 Å². The number of hydrogen-bond acceptors (Lipinski definition) is 4. The molecule has 1 amide bonds. The predicted octanol–water partition coefficient (Wildman–Crippen LogP) is 0.932. The third-order valence-corrected chi connectivity index (χ3v) is 4.49. The molecule has 0 aliphatic carbocycles. The highest BCUT2D eigenvalue weighted by molar-refractivity contribution is 7.07. The van der Waals surface area contributed by atoms with Crippen molar-refractivity contribution in [3.05, 3.63) is 20.7 Å². The van der Waals surface area contributed by atoms with Crippen molar-refractivity contribution in [2.24, 2.45) is 5.92 Å². The van der Waals surface area contributed by atoms with E-state index in [1.807, 2.05) is 0 Å². The number of amides is 1. The van der Waals surface area contributed by atoms with Crippen LogP contribution in [0.2, 0.25) is 0 Å². The van der Waals surface area contributed by atoms with Crippen molar-refractivity contribution in [3.63, 3.8) is 0 Å². The molecular formula is C13H18N2O4S. The van der Waals surface area contributed by atoms with Crippen molar-refractivity contribution in [2.75, 3.05) is 13.1 Å². The molecule has 1 aliphatic rings. The Balaban J connectivity index is 1.99. The number of carbonyl (C=O) groups excluding carboxylic acids is 1. The Morgan fingerprint density at radius 3 is 2.85 bits per heavy atom. The van der Waals surface area contributed by atoms with Crippen LogP contribution in [-0.4, -0.2) is 39.5 Å². The number of thiazole rings is 1. The van der Waals surface area contributed by atoms with Gasteiger partial charge in [-0.2, -0.15) is 0 Å². The average molecular weight is 298 g/mol. The van der Waals surface area contributed by atoms with Gasteiger partial charge in [0.1, 0.15) is 6.54 Å². The van der Waals surface area contributed by atoms with Gasteiger partial charge in [0.25, 0.3) is 0 Å². The molecule has 1 aromatic heterocycles. The summed E-state index contributed by atoms with van der Waals surface area (Å²) in [7, 11) is 0. The van der Waals surface area contributed by atoms with E-state index in [0.717, 1.165) is 29.9 Å². The quantitative estimate of drug-likeness (QED) is 0.897. The second-order valence-corrected chi connectivity index (χ2v) is 6.00. The lowest BCUT2D eigenvalue weighted by Gasteiger charge is -2.32. The summed E-state index contributed by atoms with van der Waals surface area (Å²) in [5.74, 6) is -0.914. The van der Waals surface area contributed by atoms with Crippen molar-refractivity contribution >= 4 is 23.2 Å². The lowest BCUT2D eigenvalue weighted by molar-refractivity contribution is -0.140. The number of likely N-dealkylation sites (tertiary alicyclic amines) is 1. The summed E-state index contributed by atoms with van der Waals surface area (Å²) in [6, 6.07) is 0. The number of aliphatic carboxylic acids is 1. The molecule has 1 aliphatic heterocycles. The number of hydrogen-bond donors (Lipinski definition) is 1. The number of carbonyl (C=O) groups is 2. The number of piperidine rings is 1. The van der Waals surface area contributed by atoms with Crippen LogP contribution in [0.3, 0.4) is 0 Å². The zero-order chi connectivity index (χ0) is 14.7. The maximum Gasteiger partial charge on any atom is 0.307 e. The van der Waals surface area contributed by atoms with Crippen LogP contribution in [0.25, 0.3) is 0 Å². The van der Waals surface area contributed by atoms with Crippen LogP contribution in [0, 0.1) is 12.8 Å². The molecule has 6 nitrogen and oxygen atoms in total. The van der Waals surface area contributed by atoms with Gasteiger partial charge in [0.15, 0.2) is 0 Å². The summed E-state index contributed by atoms with van der Waals surface area (Å²) >= 11 is 1.09. The van der Waals surface area contributed by atoms with Crippen LogP contribution in [0.4, 0.5) is 0 Å². The third-order valence-electron chi connectivity index (χ3n) is 3.60. The first-order valence-corrected chi connectivity index (χ1v) is 7.50. The highest BCUT2D eigenvalue weighted by atomic mass is 32.1. The van der Waals surface area contributed by atoms with Crippen LogP contribution in [0.1, 0.15) is 25.0 Å². The number of carboxylic acid groups (broad SMARTS) is 1. The Bertz CT molecular complexity index is 563. The lowest BCUT2D eigenvalue weighted by atomic mass is 9.95. The summed E-state index contributed by atoms with van der Waals surface area (Å²) in [4.78, 5) is 36.1. The van der Waals surface area contributed by atoms with Crippen LogP contribution in [-0.2, 0) is 16.1 Å². The number of aromatic nitrogens is 1. The SMILES string of the molecule is Cc1csc(=O)n1CC(=O)N1CCCC(CC(=O)O)C1. The molecule has 0 bridgehead atoms. The number of nitrogens with zero attached hydrogens (tertiary/aromatic N) is 2. The summed E-state index contributed by atoms with van der Waals surface area (Å²) < 4.78 is 1.47. The van der Waals surface area contributed by atoms with Crippen LogP contribution < -0.4 is 4.87 Å². The summed E-state index contributed by atoms with van der Waals surface area (Å²) in [5, 5.41) is 10.6. The van der Waals surface area contributed by atoms with E-state index in [2.05, 4.69) is 0 Å². The number of aryl methyl sites for hydroxylation is 1. The van der Waals surface area contributed by atoms with Gasteiger partial charge in [-0.25, -0.2) is 0 Å². The Labute approximate surface area is 120 Å². The molecule has 0 radical (unpaired) electrons. The van der Waals surface area contributed by atoms with Crippen molar-refractivity contribution in [3.8, 4) is 0 Å². The molecule has 1 N–H and O–H groups in total. The van der Waals surface area contributed by atoms with Crippen LogP contribution in [0.15, 0.2) is 10.2 Å². The minimum atomic E-state index is -0.825. The van der Waals surface area contributed by atoms with Crippen LogP contribution >= 0.6 is 11.3 Å². The molecule has 1 saturated heterocycles. The van der Waals surface area contributed by atoms with E-state index >= 15 is 0 Å². The van der Waals surface area contributed by atoms with Crippen LogP contribution in [0.5, 0.6) is 0 Å². The van der Waals surface area contributed by atoms with E-state index in [1.165, 1.54) is 4.57 Å². The van der Waals surface area contributed by atoms with Gasteiger partial charge < -0.3 is 10.0 Å². The molecule has 1 unspecified atom stereocenters. The minimum Gasteiger partial charge on any atom is -0.481 e. The van der Waals surface area contributed by atoms with E-state index in [4.69, 9.17) is 5.11 Å². The fraction of sp³-hybridized carbons (Fsp3) is 0.615. The number of carboxylic acids is 1. The van der Waals surface area contributed by atoms with Crippen molar-refractivity contribution < 1.29 is 14.7 Å². The van der Waals surface area contributed by atoms with Crippen molar-refractivity contribution in [1.29, 1.82) is 0 Å². The van der Waals surface area contributed by atoms with E-state index in [-0.39, 0.29) is 29.7 Å².